The molecule has 0 aliphatic heterocycles. The van der Waals surface area contributed by atoms with Crippen molar-refractivity contribution in [3.63, 3.8) is 0 Å². The van der Waals surface area contributed by atoms with E-state index in [0.29, 0.717) is 6.42 Å². The molecule has 1 aromatic rings. The normalized spacial score (nSPS) is 14.4. The fraction of sp³-hybridized carbons (Fsp3) is 0.600. The van der Waals surface area contributed by atoms with Crippen LogP contribution in [0, 0.1) is 0 Å². The zero-order valence-corrected chi connectivity index (χ0v) is 11.2. The molecule has 0 amide bonds. The highest BCUT2D eigenvalue weighted by atomic mass is 16.5. The van der Waals surface area contributed by atoms with Crippen LogP contribution in [0.15, 0.2) is 24.3 Å². The molecule has 0 fully saturated rings. The minimum atomic E-state index is -0.635. The molecule has 0 radical (unpaired) electrons. The number of rotatable bonds is 7. The molecule has 0 aliphatic carbocycles. The first-order chi connectivity index (χ1) is 8.09. The number of unbranched alkanes of at least 4 members (excludes halogenated alkanes) is 2. The smallest absolute Gasteiger partial charge is 0.122 e. The minimum absolute atomic E-state index is 0.635. The number of benzene rings is 1. The third kappa shape index (κ3) is 4.78. The van der Waals surface area contributed by atoms with Crippen molar-refractivity contribution in [3.8, 4) is 5.75 Å². The fourth-order valence-corrected chi connectivity index (χ4v) is 2.10. The van der Waals surface area contributed by atoms with Gasteiger partial charge < -0.3 is 9.84 Å². The van der Waals surface area contributed by atoms with Crippen molar-refractivity contribution in [2.24, 2.45) is 0 Å². The van der Waals surface area contributed by atoms with Crippen LogP contribution in [0.5, 0.6) is 5.75 Å². The van der Waals surface area contributed by atoms with E-state index in [2.05, 4.69) is 6.92 Å². The van der Waals surface area contributed by atoms with Crippen LogP contribution < -0.4 is 4.74 Å². The monoisotopic (exact) mass is 236 g/mol. The minimum Gasteiger partial charge on any atom is -0.496 e. The fourth-order valence-electron chi connectivity index (χ4n) is 2.10. The number of hydrogen-bond acceptors (Lipinski definition) is 2. The van der Waals surface area contributed by atoms with Gasteiger partial charge in [0, 0.05) is 6.42 Å². The number of para-hydroxylation sites is 1. The Morgan fingerprint density at radius 2 is 1.94 bits per heavy atom. The lowest BCUT2D eigenvalue weighted by Gasteiger charge is -2.24. The van der Waals surface area contributed by atoms with E-state index in [1.54, 1.807) is 7.11 Å². The van der Waals surface area contributed by atoms with Gasteiger partial charge in [0.15, 0.2) is 0 Å². The molecule has 2 nitrogen and oxygen atoms in total. The van der Waals surface area contributed by atoms with E-state index in [0.717, 1.165) is 24.2 Å². The van der Waals surface area contributed by atoms with Crippen LogP contribution in [0.1, 0.15) is 45.1 Å². The number of methoxy groups -OCH3 is 1. The van der Waals surface area contributed by atoms with Crippen molar-refractivity contribution in [3.05, 3.63) is 29.8 Å². The van der Waals surface area contributed by atoms with Gasteiger partial charge in [-0.3, -0.25) is 0 Å². The van der Waals surface area contributed by atoms with Gasteiger partial charge in [0.25, 0.3) is 0 Å². The summed E-state index contributed by atoms with van der Waals surface area (Å²) in [5, 5.41) is 10.4. The van der Waals surface area contributed by atoms with Crippen molar-refractivity contribution in [1.82, 2.24) is 0 Å². The van der Waals surface area contributed by atoms with Crippen molar-refractivity contribution < 1.29 is 9.84 Å². The van der Waals surface area contributed by atoms with E-state index in [9.17, 15) is 5.11 Å². The molecule has 1 unspecified atom stereocenters. The Kier molecular flexibility index (Phi) is 5.49. The van der Waals surface area contributed by atoms with E-state index < -0.39 is 5.60 Å². The molecular weight excluding hydrogens is 212 g/mol. The van der Waals surface area contributed by atoms with Crippen LogP contribution in [-0.2, 0) is 6.42 Å². The predicted molar refractivity (Wildman–Crippen MR) is 71.5 cm³/mol. The van der Waals surface area contributed by atoms with Gasteiger partial charge in [0.2, 0.25) is 0 Å². The van der Waals surface area contributed by atoms with Crippen LogP contribution in [0.2, 0.25) is 0 Å². The molecule has 0 saturated carbocycles. The number of ether oxygens (including phenoxy) is 1. The summed E-state index contributed by atoms with van der Waals surface area (Å²) in [5.74, 6) is 0.864. The molecule has 0 spiro atoms. The maximum atomic E-state index is 10.4. The quantitative estimate of drug-likeness (QED) is 0.733. The molecule has 0 aromatic heterocycles. The Labute approximate surface area is 105 Å². The summed E-state index contributed by atoms with van der Waals surface area (Å²) in [6.45, 7) is 4.09. The van der Waals surface area contributed by atoms with E-state index in [4.69, 9.17) is 4.74 Å². The SMILES string of the molecule is CCCCCC(C)(O)Cc1ccccc1OC. The second kappa shape index (κ2) is 6.65. The summed E-state index contributed by atoms with van der Waals surface area (Å²) < 4.78 is 5.31. The van der Waals surface area contributed by atoms with Gasteiger partial charge in [0.05, 0.1) is 12.7 Å². The van der Waals surface area contributed by atoms with Gasteiger partial charge in [-0.15, -0.1) is 0 Å². The maximum absolute atomic E-state index is 10.4. The van der Waals surface area contributed by atoms with E-state index >= 15 is 0 Å². The van der Waals surface area contributed by atoms with Gasteiger partial charge in [0.1, 0.15) is 5.75 Å². The first kappa shape index (κ1) is 14.0. The zero-order valence-electron chi connectivity index (χ0n) is 11.2. The van der Waals surface area contributed by atoms with Crippen molar-refractivity contribution in [1.29, 1.82) is 0 Å². The van der Waals surface area contributed by atoms with Crippen LogP contribution in [0.3, 0.4) is 0 Å². The Hall–Kier alpha value is -1.02. The van der Waals surface area contributed by atoms with Gasteiger partial charge >= 0.3 is 0 Å². The molecule has 17 heavy (non-hydrogen) atoms. The molecule has 96 valence electrons. The molecule has 1 N–H and O–H groups in total. The lowest BCUT2D eigenvalue weighted by Crippen LogP contribution is -2.27. The van der Waals surface area contributed by atoms with E-state index in [1.807, 2.05) is 31.2 Å². The average Bonchev–Trinajstić information content (AvgIpc) is 2.29. The van der Waals surface area contributed by atoms with Crippen molar-refractivity contribution in [2.75, 3.05) is 7.11 Å². The molecule has 0 heterocycles. The Morgan fingerprint density at radius 3 is 2.59 bits per heavy atom. The van der Waals surface area contributed by atoms with Crippen LogP contribution >= 0.6 is 0 Å². The Morgan fingerprint density at radius 1 is 1.24 bits per heavy atom. The summed E-state index contributed by atoms with van der Waals surface area (Å²) >= 11 is 0. The van der Waals surface area contributed by atoms with E-state index in [-0.39, 0.29) is 0 Å². The Bertz CT molecular complexity index is 331. The van der Waals surface area contributed by atoms with Crippen LogP contribution in [0.25, 0.3) is 0 Å². The molecule has 0 saturated heterocycles. The number of hydrogen-bond donors (Lipinski definition) is 1. The highest BCUT2D eigenvalue weighted by Gasteiger charge is 2.21. The standard InChI is InChI=1S/C15H24O2/c1-4-5-8-11-15(2,16)12-13-9-6-7-10-14(13)17-3/h6-7,9-10,16H,4-5,8,11-12H2,1-3H3. The first-order valence-corrected chi connectivity index (χ1v) is 6.43. The molecule has 1 aromatic carbocycles. The second-order valence-electron chi connectivity index (χ2n) is 4.94. The number of aliphatic hydroxyl groups is 1. The molecule has 1 atom stereocenters. The van der Waals surface area contributed by atoms with Gasteiger partial charge in [-0.25, -0.2) is 0 Å². The molecule has 0 aliphatic rings. The average molecular weight is 236 g/mol. The third-order valence-corrected chi connectivity index (χ3v) is 3.08. The summed E-state index contributed by atoms with van der Waals surface area (Å²) in [4.78, 5) is 0. The molecule has 2 heteroatoms. The Balaban J connectivity index is 2.62. The highest BCUT2D eigenvalue weighted by molar-refractivity contribution is 5.34. The van der Waals surface area contributed by atoms with Crippen LogP contribution in [0.4, 0.5) is 0 Å². The summed E-state index contributed by atoms with van der Waals surface area (Å²) in [6, 6.07) is 7.90. The zero-order chi connectivity index (χ0) is 12.7. The second-order valence-corrected chi connectivity index (χ2v) is 4.94. The lowest BCUT2D eigenvalue weighted by molar-refractivity contribution is 0.0480. The van der Waals surface area contributed by atoms with Crippen LogP contribution in [-0.4, -0.2) is 17.8 Å². The summed E-state index contributed by atoms with van der Waals surface area (Å²) in [5.41, 5.74) is 0.445. The van der Waals surface area contributed by atoms with Crippen molar-refractivity contribution >= 4 is 0 Å². The van der Waals surface area contributed by atoms with Gasteiger partial charge in [-0.1, -0.05) is 44.4 Å². The topological polar surface area (TPSA) is 29.5 Å². The van der Waals surface area contributed by atoms with Crippen molar-refractivity contribution in [2.45, 2.75) is 51.6 Å². The van der Waals surface area contributed by atoms with E-state index in [1.165, 1.54) is 12.8 Å². The summed E-state index contributed by atoms with van der Waals surface area (Å²) in [6.07, 6.45) is 4.95. The molecule has 0 bridgehead atoms. The highest BCUT2D eigenvalue weighted by Crippen LogP contribution is 2.25. The summed E-state index contributed by atoms with van der Waals surface area (Å²) in [7, 11) is 1.67. The first-order valence-electron chi connectivity index (χ1n) is 6.43. The predicted octanol–water partition coefficient (Wildman–Crippen LogP) is 3.57. The maximum Gasteiger partial charge on any atom is 0.122 e. The van der Waals surface area contributed by atoms with Gasteiger partial charge in [-0.2, -0.15) is 0 Å². The lowest BCUT2D eigenvalue weighted by atomic mass is 9.90. The molecular formula is C15H24O2. The molecule has 1 rings (SSSR count). The van der Waals surface area contributed by atoms with Gasteiger partial charge in [-0.05, 0) is 25.0 Å². The third-order valence-electron chi connectivity index (χ3n) is 3.08. The largest absolute Gasteiger partial charge is 0.496 e.